The van der Waals surface area contributed by atoms with Crippen LogP contribution in [0, 0.1) is 18.3 Å². The highest BCUT2D eigenvalue weighted by Crippen LogP contribution is 2.28. The van der Waals surface area contributed by atoms with Crippen LogP contribution < -0.4 is 4.90 Å². The van der Waals surface area contributed by atoms with Crippen molar-refractivity contribution in [3.05, 3.63) is 101 Å². The van der Waals surface area contributed by atoms with E-state index in [2.05, 4.69) is 4.98 Å². The molecule has 1 fully saturated rings. The molecule has 4 aromatic rings. The summed E-state index contributed by atoms with van der Waals surface area (Å²) in [6.07, 6.45) is 2.35. The molecule has 1 unspecified atom stereocenters. The van der Waals surface area contributed by atoms with Gasteiger partial charge >= 0.3 is 0 Å². The summed E-state index contributed by atoms with van der Waals surface area (Å²) in [6.45, 7) is 2.22. The van der Waals surface area contributed by atoms with Crippen molar-refractivity contribution < 1.29 is 14.4 Å². The standard InChI is InChI=1S/C29H24N4O3/c1-19-6-10-21(11-7-19)28(35)32(15-14-22-18-31-25-5-3-2-4-24(22)25)26-16-27(34)33(29(26)36)23-12-8-20(17-30)9-13-23/h2-13,18,26,31H,14-16H2,1H3. The zero-order chi connectivity index (χ0) is 25.2. The number of carbonyl (C=O) groups is 3. The number of hydrogen-bond acceptors (Lipinski definition) is 4. The van der Waals surface area contributed by atoms with E-state index in [-0.39, 0.29) is 24.8 Å². The van der Waals surface area contributed by atoms with Crippen molar-refractivity contribution in [1.82, 2.24) is 9.88 Å². The number of anilines is 1. The Morgan fingerprint density at radius 3 is 2.50 bits per heavy atom. The Balaban J connectivity index is 1.45. The number of carbonyl (C=O) groups excluding carboxylic acids is 3. The van der Waals surface area contributed by atoms with Crippen LogP contribution in [0.4, 0.5) is 5.69 Å². The van der Waals surface area contributed by atoms with Gasteiger partial charge in [-0.05, 0) is 61.4 Å². The molecule has 7 nitrogen and oxygen atoms in total. The van der Waals surface area contributed by atoms with Gasteiger partial charge in [0.05, 0.1) is 23.7 Å². The molecule has 0 aliphatic carbocycles. The zero-order valence-corrected chi connectivity index (χ0v) is 19.8. The summed E-state index contributed by atoms with van der Waals surface area (Å²) >= 11 is 0. The van der Waals surface area contributed by atoms with E-state index in [0.29, 0.717) is 23.2 Å². The van der Waals surface area contributed by atoms with Crippen molar-refractivity contribution in [2.75, 3.05) is 11.4 Å². The number of amides is 3. The highest BCUT2D eigenvalue weighted by molar-refractivity contribution is 6.23. The molecule has 2 heterocycles. The molecule has 0 bridgehead atoms. The SMILES string of the molecule is Cc1ccc(C(=O)N(CCc2c[nH]c3ccccc23)C2CC(=O)N(c3ccc(C#N)cc3)C2=O)cc1. The van der Waals surface area contributed by atoms with Gasteiger partial charge in [0.1, 0.15) is 6.04 Å². The van der Waals surface area contributed by atoms with Crippen LogP contribution in [0.15, 0.2) is 79.0 Å². The molecule has 0 spiro atoms. The zero-order valence-electron chi connectivity index (χ0n) is 19.8. The predicted molar refractivity (Wildman–Crippen MR) is 136 cm³/mol. The van der Waals surface area contributed by atoms with Gasteiger partial charge in [-0.15, -0.1) is 0 Å². The number of para-hydroxylation sites is 1. The minimum absolute atomic E-state index is 0.0929. The lowest BCUT2D eigenvalue weighted by Crippen LogP contribution is -2.46. The first kappa shape index (κ1) is 23.1. The molecule has 36 heavy (non-hydrogen) atoms. The molecule has 1 atom stereocenters. The molecule has 3 aromatic carbocycles. The van der Waals surface area contributed by atoms with Crippen LogP contribution in [0.3, 0.4) is 0 Å². The van der Waals surface area contributed by atoms with E-state index in [0.717, 1.165) is 26.9 Å². The molecule has 178 valence electrons. The normalized spacial score (nSPS) is 15.3. The van der Waals surface area contributed by atoms with Gasteiger partial charge in [0.25, 0.3) is 11.8 Å². The molecule has 1 aromatic heterocycles. The van der Waals surface area contributed by atoms with Crippen LogP contribution in [-0.4, -0.2) is 40.2 Å². The van der Waals surface area contributed by atoms with E-state index in [1.165, 1.54) is 4.90 Å². The van der Waals surface area contributed by atoms with Gasteiger partial charge in [0.15, 0.2) is 0 Å². The van der Waals surface area contributed by atoms with Crippen molar-refractivity contribution in [3.8, 4) is 6.07 Å². The summed E-state index contributed by atoms with van der Waals surface area (Å²) in [4.78, 5) is 46.0. The van der Waals surface area contributed by atoms with Gasteiger partial charge in [-0.3, -0.25) is 14.4 Å². The molecule has 1 N–H and O–H groups in total. The Bertz CT molecular complexity index is 1500. The molecule has 0 radical (unpaired) electrons. The Hall–Kier alpha value is -4.70. The van der Waals surface area contributed by atoms with Gasteiger partial charge in [-0.2, -0.15) is 5.26 Å². The Kier molecular flexibility index (Phi) is 6.09. The number of nitrogens with one attached hydrogen (secondary N) is 1. The van der Waals surface area contributed by atoms with Crippen molar-refractivity contribution in [1.29, 1.82) is 5.26 Å². The third kappa shape index (κ3) is 4.25. The number of fused-ring (bicyclic) bond motifs is 1. The molecule has 1 aliphatic heterocycles. The van der Waals surface area contributed by atoms with Gasteiger partial charge in [-0.1, -0.05) is 35.9 Å². The first-order valence-electron chi connectivity index (χ1n) is 11.8. The van der Waals surface area contributed by atoms with E-state index in [9.17, 15) is 14.4 Å². The maximum absolute atomic E-state index is 13.6. The quantitative estimate of drug-likeness (QED) is 0.418. The lowest BCUT2D eigenvalue weighted by molar-refractivity contribution is -0.122. The average molecular weight is 477 g/mol. The Morgan fingerprint density at radius 2 is 1.78 bits per heavy atom. The fraction of sp³-hybridized carbons (Fsp3) is 0.172. The molecule has 5 rings (SSSR count). The first-order valence-corrected chi connectivity index (χ1v) is 11.8. The number of aryl methyl sites for hydroxylation is 1. The number of H-pyrrole nitrogens is 1. The summed E-state index contributed by atoms with van der Waals surface area (Å²) in [6, 6.07) is 22.5. The van der Waals surface area contributed by atoms with Crippen LogP contribution in [0.25, 0.3) is 10.9 Å². The molecule has 3 amide bonds. The van der Waals surface area contributed by atoms with E-state index in [1.807, 2.05) is 55.6 Å². The van der Waals surface area contributed by atoms with E-state index < -0.39 is 11.9 Å². The number of hydrogen-bond donors (Lipinski definition) is 1. The molecular weight excluding hydrogens is 452 g/mol. The highest BCUT2D eigenvalue weighted by Gasteiger charge is 2.44. The van der Waals surface area contributed by atoms with Gasteiger partial charge in [-0.25, -0.2) is 4.90 Å². The summed E-state index contributed by atoms with van der Waals surface area (Å²) in [7, 11) is 0. The summed E-state index contributed by atoms with van der Waals surface area (Å²) in [5.41, 5.74) is 4.36. The second-order valence-electron chi connectivity index (χ2n) is 8.92. The van der Waals surface area contributed by atoms with Gasteiger partial charge in [0.2, 0.25) is 5.91 Å². The molecule has 7 heteroatoms. The predicted octanol–water partition coefficient (Wildman–Crippen LogP) is 4.37. The van der Waals surface area contributed by atoms with Crippen LogP contribution >= 0.6 is 0 Å². The fourth-order valence-electron chi connectivity index (χ4n) is 4.66. The minimum Gasteiger partial charge on any atom is -0.361 e. The molecular formula is C29H24N4O3. The number of nitrogens with zero attached hydrogens (tertiary/aromatic N) is 3. The number of aromatic nitrogens is 1. The fourth-order valence-corrected chi connectivity index (χ4v) is 4.66. The summed E-state index contributed by atoms with van der Waals surface area (Å²) in [5.74, 6) is -1.10. The number of rotatable bonds is 6. The van der Waals surface area contributed by atoms with Gasteiger partial charge < -0.3 is 9.88 Å². The molecule has 1 saturated heterocycles. The number of benzene rings is 3. The first-order chi connectivity index (χ1) is 17.5. The second kappa shape index (κ2) is 9.51. The summed E-state index contributed by atoms with van der Waals surface area (Å²) < 4.78 is 0. The monoisotopic (exact) mass is 476 g/mol. The lowest BCUT2D eigenvalue weighted by Gasteiger charge is -2.28. The smallest absolute Gasteiger partial charge is 0.257 e. The van der Waals surface area contributed by atoms with E-state index in [1.54, 1.807) is 36.4 Å². The average Bonchev–Trinajstić information content (AvgIpc) is 3.44. The largest absolute Gasteiger partial charge is 0.361 e. The number of aromatic amines is 1. The van der Waals surface area contributed by atoms with Crippen LogP contribution in [-0.2, 0) is 16.0 Å². The highest BCUT2D eigenvalue weighted by atomic mass is 16.2. The minimum atomic E-state index is -0.910. The summed E-state index contributed by atoms with van der Waals surface area (Å²) in [5, 5.41) is 10.1. The molecule has 0 saturated carbocycles. The number of imide groups is 1. The Labute approximate surface area is 208 Å². The second-order valence-corrected chi connectivity index (χ2v) is 8.92. The van der Waals surface area contributed by atoms with E-state index >= 15 is 0 Å². The van der Waals surface area contributed by atoms with Crippen molar-refractivity contribution in [2.24, 2.45) is 0 Å². The lowest BCUT2D eigenvalue weighted by atomic mass is 10.1. The third-order valence-electron chi connectivity index (χ3n) is 6.61. The molecule has 1 aliphatic rings. The van der Waals surface area contributed by atoms with Crippen molar-refractivity contribution >= 4 is 34.3 Å². The number of nitriles is 1. The van der Waals surface area contributed by atoms with Crippen LogP contribution in [0.1, 0.15) is 33.5 Å². The Morgan fingerprint density at radius 1 is 1.06 bits per heavy atom. The third-order valence-corrected chi connectivity index (χ3v) is 6.61. The maximum atomic E-state index is 13.6. The van der Waals surface area contributed by atoms with Gasteiger partial charge in [0, 0.05) is 29.2 Å². The maximum Gasteiger partial charge on any atom is 0.257 e. The van der Waals surface area contributed by atoms with Crippen molar-refractivity contribution in [2.45, 2.75) is 25.8 Å². The van der Waals surface area contributed by atoms with Crippen LogP contribution in [0.5, 0.6) is 0 Å². The van der Waals surface area contributed by atoms with E-state index in [4.69, 9.17) is 5.26 Å². The topological polar surface area (TPSA) is 97.3 Å². The van der Waals surface area contributed by atoms with Crippen molar-refractivity contribution in [3.63, 3.8) is 0 Å². The van der Waals surface area contributed by atoms with Crippen LogP contribution in [0.2, 0.25) is 0 Å².